The molecule has 0 radical (unpaired) electrons. The number of aryl methyl sites for hydroxylation is 3. The SMILES string of the molecule is COc1cc(C)c(-c2ccc(C)c(C(=O)O)c2)cc1C. The van der Waals surface area contributed by atoms with Gasteiger partial charge in [-0.1, -0.05) is 12.1 Å². The lowest BCUT2D eigenvalue weighted by atomic mass is 9.95. The highest BCUT2D eigenvalue weighted by Crippen LogP contribution is 2.31. The van der Waals surface area contributed by atoms with Crippen LogP contribution in [0.3, 0.4) is 0 Å². The normalized spacial score (nSPS) is 10.4. The molecule has 1 N–H and O–H groups in total. The molecule has 0 aromatic heterocycles. The van der Waals surface area contributed by atoms with Crippen LogP contribution < -0.4 is 4.74 Å². The number of hydrogen-bond acceptors (Lipinski definition) is 2. The minimum atomic E-state index is -0.896. The molecule has 0 bridgehead atoms. The second-order valence-corrected chi connectivity index (χ2v) is 4.97. The molecule has 0 aliphatic rings. The standard InChI is InChI=1S/C17H18O3/c1-10-5-6-13(9-15(10)17(18)19)14-7-12(3)16(20-4)8-11(14)2/h5-9H,1-4H3,(H,18,19). The maximum absolute atomic E-state index is 11.2. The number of aromatic carboxylic acids is 1. The van der Waals surface area contributed by atoms with E-state index in [1.807, 2.05) is 38.1 Å². The molecule has 2 aromatic carbocycles. The molecule has 0 saturated heterocycles. The Labute approximate surface area is 118 Å². The zero-order valence-corrected chi connectivity index (χ0v) is 12.2. The van der Waals surface area contributed by atoms with E-state index in [1.54, 1.807) is 20.1 Å². The monoisotopic (exact) mass is 270 g/mol. The number of rotatable bonds is 3. The number of carboxylic acids is 1. The van der Waals surface area contributed by atoms with Crippen molar-refractivity contribution in [3.63, 3.8) is 0 Å². The first kappa shape index (κ1) is 14.1. The second kappa shape index (κ2) is 5.37. The highest BCUT2D eigenvalue weighted by atomic mass is 16.5. The Kier molecular flexibility index (Phi) is 3.79. The highest BCUT2D eigenvalue weighted by molar-refractivity contribution is 5.91. The molecular weight excluding hydrogens is 252 g/mol. The van der Waals surface area contributed by atoms with Crippen LogP contribution in [-0.2, 0) is 0 Å². The van der Waals surface area contributed by atoms with Crippen LogP contribution in [0.1, 0.15) is 27.0 Å². The van der Waals surface area contributed by atoms with Crippen molar-refractivity contribution < 1.29 is 14.6 Å². The first-order valence-corrected chi connectivity index (χ1v) is 6.43. The van der Waals surface area contributed by atoms with Gasteiger partial charge in [0, 0.05) is 0 Å². The van der Waals surface area contributed by atoms with Gasteiger partial charge in [-0.3, -0.25) is 0 Å². The topological polar surface area (TPSA) is 46.5 Å². The van der Waals surface area contributed by atoms with E-state index in [4.69, 9.17) is 4.74 Å². The summed E-state index contributed by atoms with van der Waals surface area (Å²) in [5.41, 5.74) is 5.15. The van der Waals surface area contributed by atoms with E-state index >= 15 is 0 Å². The number of methoxy groups -OCH3 is 1. The van der Waals surface area contributed by atoms with Gasteiger partial charge in [-0.15, -0.1) is 0 Å². The number of carbonyl (C=O) groups is 1. The molecular formula is C17H18O3. The molecule has 0 heterocycles. The van der Waals surface area contributed by atoms with Crippen molar-refractivity contribution in [2.24, 2.45) is 0 Å². The van der Waals surface area contributed by atoms with Crippen LogP contribution >= 0.6 is 0 Å². The molecule has 2 rings (SSSR count). The van der Waals surface area contributed by atoms with E-state index in [0.717, 1.165) is 33.6 Å². The third-order valence-electron chi connectivity index (χ3n) is 3.52. The lowest BCUT2D eigenvalue weighted by molar-refractivity contribution is 0.0696. The summed E-state index contributed by atoms with van der Waals surface area (Å²) in [5, 5.41) is 9.22. The predicted molar refractivity (Wildman–Crippen MR) is 79.6 cm³/mol. The Morgan fingerprint density at radius 1 is 1.00 bits per heavy atom. The molecule has 0 spiro atoms. The van der Waals surface area contributed by atoms with E-state index in [9.17, 15) is 9.90 Å². The highest BCUT2D eigenvalue weighted by Gasteiger charge is 2.11. The summed E-state index contributed by atoms with van der Waals surface area (Å²) in [6, 6.07) is 9.54. The number of ether oxygens (including phenoxy) is 1. The molecule has 0 fully saturated rings. The molecule has 0 amide bonds. The van der Waals surface area contributed by atoms with Crippen LogP contribution in [0.4, 0.5) is 0 Å². The molecule has 0 atom stereocenters. The van der Waals surface area contributed by atoms with Crippen LogP contribution in [0.15, 0.2) is 30.3 Å². The van der Waals surface area contributed by atoms with Gasteiger partial charge >= 0.3 is 5.97 Å². The fraction of sp³-hybridized carbons (Fsp3) is 0.235. The summed E-state index contributed by atoms with van der Waals surface area (Å²) in [7, 11) is 1.65. The van der Waals surface area contributed by atoms with Gasteiger partial charge < -0.3 is 9.84 Å². The summed E-state index contributed by atoms with van der Waals surface area (Å²) in [6.45, 7) is 5.78. The third-order valence-corrected chi connectivity index (χ3v) is 3.52. The van der Waals surface area contributed by atoms with E-state index in [0.29, 0.717) is 5.56 Å². The average molecular weight is 270 g/mol. The van der Waals surface area contributed by atoms with Gasteiger partial charge in [0.2, 0.25) is 0 Å². The molecule has 3 heteroatoms. The zero-order chi connectivity index (χ0) is 14.9. The molecule has 0 aliphatic carbocycles. The molecule has 0 unspecified atom stereocenters. The van der Waals surface area contributed by atoms with Crippen molar-refractivity contribution in [2.45, 2.75) is 20.8 Å². The lowest BCUT2D eigenvalue weighted by Crippen LogP contribution is -2.00. The van der Waals surface area contributed by atoms with Crippen LogP contribution in [0.25, 0.3) is 11.1 Å². The third kappa shape index (κ3) is 2.52. The van der Waals surface area contributed by atoms with Gasteiger partial charge in [0.15, 0.2) is 0 Å². The van der Waals surface area contributed by atoms with Crippen molar-refractivity contribution in [2.75, 3.05) is 7.11 Å². The average Bonchev–Trinajstić information content (AvgIpc) is 2.41. The minimum Gasteiger partial charge on any atom is -0.496 e. The first-order chi connectivity index (χ1) is 9.43. The molecule has 3 nitrogen and oxygen atoms in total. The summed E-state index contributed by atoms with van der Waals surface area (Å²) in [6.07, 6.45) is 0. The van der Waals surface area contributed by atoms with Crippen LogP contribution in [0, 0.1) is 20.8 Å². The minimum absolute atomic E-state index is 0.343. The van der Waals surface area contributed by atoms with Crippen molar-refractivity contribution in [1.82, 2.24) is 0 Å². The fourth-order valence-corrected chi connectivity index (χ4v) is 2.34. The smallest absolute Gasteiger partial charge is 0.335 e. The van der Waals surface area contributed by atoms with Crippen LogP contribution in [0.2, 0.25) is 0 Å². The lowest BCUT2D eigenvalue weighted by Gasteiger charge is -2.12. The Hall–Kier alpha value is -2.29. The molecule has 0 saturated carbocycles. The van der Waals surface area contributed by atoms with Gasteiger partial charge in [-0.25, -0.2) is 4.79 Å². The van der Waals surface area contributed by atoms with Gasteiger partial charge in [0.1, 0.15) is 5.75 Å². The quantitative estimate of drug-likeness (QED) is 0.917. The van der Waals surface area contributed by atoms with E-state index in [2.05, 4.69) is 0 Å². The number of benzene rings is 2. The maximum atomic E-state index is 11.2. The molecule has 2 aromatic rings. The largest absolute Gasteiger partial charge is 0.496 e. The maximum Gasteiger partial charge on any atom is 0.335 e. The van der Waals surface area contributed by atoms with Gasteiger partial charge in [0.25, 0.3) is 0 Å². The van der Waals surface area contributed by atoms with Crippen molar-refractivity contribution in [1.29, 1.82) is 0 Å². The Morgan fingerprint density at radius 2 is 1.70 bits per heavy atom. The summed E-state index contributed by atoms with van der Waals surface area (Å²) >= 11 is 0. The van der Waals surface area contributed by atoms with E-state index < -0.39 is 5.97 Å². The molecule has 104 valence electrons. The van der Waals surface area contributed by atoms with Gasteiger partial charge in [0.05, 0.1) is 12.7 Å². The van der Waals surface area contributed by atoms with Crippen LogP contribution in [-0.4, -0.2) is 18.2 Å². The first-order valence-electron chi connectivity index (χ1n) is 6.43. The Balaban J connectivity index is 2.60. The summed E-state index contributed by atoms with van der Waals surface area (Å²) in [4.78, 5) is 11.2. The van der Waals surface area contributed by atoms with E-state index in [1.165, 1.54) is 0 Å². The van der Waals surface area contributed by atoms with Crippen LogP contribution in [0.5, 0.6) is 5.75 Å². The molecule has 20 heavy (non-hydrogen) atoms. The number of carboxylic acid groups (broad SMARTS) is 1. The Morgan fingerprint density at radius 3 is 2.30 bits per heavy atom. The zero-order valence-electron chi connectivity index (χ0n) is 12.2. The van der Waals surface area contributed by atoms with E-state index in [-0.39, 0.29) is 0 Å². The molecule has 0 aliphatic heterocycles. The second-order valence-electron chi connectivity index (χ2n) is 4.97. The predicted octanol–water partition coefficient (Wildman–Crippen LogP) is 3.99. The summed E-state index contributed by atoms with van der Waals surface area (Å²) in [5.74, 6) is -0.0518. The van der Waals surface area contributed by atoms with Crippen molar-refractivity contribution in [3.8, 4) is 16.9 Å². The summed E-state index contributed by atoms with van der Waals surface area (Å²) < 4.78 is 5.30. The van der Waals surface area contributed by atoms with Crippen molar-refractivity contribution >= 4 is 5.97 Å². The van der Waals surface area contributed by atoms with Gasteiger partial charge in [-0.05, 0) is 66.8 Å². The van der Waals surface area contributed by atoms with Gasteiger partial charge in [-0.2, -0.15) is 0 Å². The number of hydrogen-bond donors (Lipinski definition) is 1. The fourth-order valence-electron chi connectivity index (χ4n) is 2.34. The van der Waals surface area contributed by atoms with Crippen molar-refractivity contribution in [3.05, 3.63) is 52.6 Å². The Bertz CT molecular complexity index is 672.